The zero-order chi connectivity index (χ0) is 13.0. The first kappa shape index (κ1) is 13.3. The summed E-state index contributed by atoms with van der Waals surface area (Å²) >= 11 is 5.54. The monoisotopic (exact) mass is 262 g/mol. The molecule has 18 heavy (non-hydrogen) atoms. The van der Waals surface area contributed by atoms with E-state index >= 15 is 0 Å². The number of aryl methyl sites for hydroxylation is 1. The third-order valence-electron chi connectivity index (χ3n) is 3.27. The summed E-state index contributed by atoms with van der Waals surface area (Å²) in [5, 5.41) is 4.25. The number of hydrogen-bond donors (Lipinski definition) is 1. The molecule has 0 amide bonds. The minimum Gasteiger partial charge on any atom is -0.362 e. The molecule has 1 aliphatic heterocycles. The van der Waals surface area contributed by atoms with E-state index < -0.39 is 0 Å². The van der Waals surface area contributed by atoms with Gasteiger partial charge in [-0.3, -0.25) is 0 Å². The molecule has 2 nitrogen and oxygen atoms in total. The number of para-hydroxylation sites is 1. The molecular formula is C15H22N2S. The number of thiocarbonyl (C=S) groups is 1. The van der Waals surface area contributed by atoms with E-state index in [9.17, 15) is 0 Å². The third kappa shape index (κ3) is 3.22. The second-order valence-corrected chi connectivity index (χ2v) is 5.70. The maximum absolute atomic E-state index is 5.54. The van der Waals surface area contributed by atoms with Crippen LogP contribution in [0.25, 0.3) is 0 Å². The number of rotatable bonds is 2. The van der Waals surface area contributed by atoms with Crippen molar-refractivity contribution in [3.8, 4) is 0 Å². The van der Waals surface area contributed by atoms with Gasteiger partial charge in [0, 0.05) is 18.8 Å². The molecule has 0 radical (unpaired) electrons. The van der Waals surface area contributed by atoms with Gasteiger partial charge in [0.15, 0.2) is 5.11 Å². The molecule has 0 aromatic heterocycles. The molecule has 2 rings (SSSR count). The van der Waals surface area contributed by atoms with Crippen LogP contribution in [-0.2, 0) is 6.42 Å². The molecule has 0 unspecified atom stereocenters. The van der Waals surface area contributed by atoms with Gasteiger partial charge in [-0.2, -0.15) is 0 Å². The summed E-state index contributed by atoms with van der Waals surface area (Å²) in [6.07, 6.45) is 3.62. The number of anilines is 1. The van der Waals surface area contributed by atoms with E-state index in [0.29, 0.717) is 5.92 Å². The van der Waals surface area contributed by atoms with Crippen molar-refractivity contribution < 1.29 is 0 Å². The van der Waals surface area contributed by atoms with Gasteiger partial charge in [0.1, 0.15) is 0 Å². The van der Waals surface area contributed by atoms with Crippen LogP contribution >= 0.6 is 12.2 Å². The van der Waals surface area contributed by atoms with E-state index in [4.69, 9.17) is 12.2 Å². The van der Waals surface area contributed by atoms with Gasteiger partial charge in [-0.05, 0) is 49.0 Å². The van der Waals surface area contributed by atoms with Crippen molar-refractivity contribution >= 4 is 23.0 Å². The maximum atomic E-state index is 5.54. The van der Waals surface area contributed by atoms with Crippen molar-refractivity contribution in [1.29, 1.82) is 0 Å². The molecule has 0 spiro atoms. The Morgan fingerprint density at radius 1 is 1.33 bits per heavy atom. The van der Waals surface area contributed by atoms with Crippen molar-refractivity contribution in [1.82, 2.24) is 5.32 Å². The molecule has 1 aromatic rings. The van der Waals surface area contributed by atoms with Crippen LogP contribution in [0.15, 0.2) is 24.3 Å². The van der Waals surface area contributed by atoms with Gasteiger partial charge in [0.2, 0.25) is 0 Å². The quantitative estimate of drug-likeness (QED) is 0.823. The summed E-state index contributed by atoms with van der Waals surface area (Å²) in [7, 11) is 0. The lowest BCUT2D eigenvalue weighted by Gasteiger charge is -2.26. The average molecular weight is 262 g/mol. The molecule has 98 valence electrons. The first-order chi connectivity index (χ1) is 8.68. The fourth-order valence-electron chi connectivity index (χ4n) is 2.29. The lowest BCUT2D eigenvalue weighted by atomic mass is 10.1. The SMILES string of the molecule is CC(C)CNC(=S)N1CCCCc2ccccc21. The van der Waals surface area contributed by atoms with Gasteiger partial charge in [-0.25, -0.2) is 0 Å². The lowest BCUT2D eigenvalue weighted by molar-refractivity contribution is 0.622. The molecular weight excluding hydrogens is 240 g/mol. The van der Waals surface area contributed by atoms with Crippen LogP contribution in [0.3, 0.4) is 0 Å². The van der Waals surface area contributed by atoms with Gasteiger partial charge in [0.25, 0.3) is 0 Å². The number of nitrogens with one attached hydrogen (secondary N) is 1. The van der Waals surface area contributed by atoms with E-state index in [1.165, 1.54) is 30.5 Å². The van der Waals surface area contributed by atoms with Crippen molar-refractivity contribution in [3.05, 3.63) is 29.8 Å². The second kappa shape index (κ2) is 6.19. The largest absolute Gasteiger partial charge is 0.362 e. The highest BCUT2D eigenvalue weighted by atomic mass is 32.1. The third-order valence-corrected chi connectivity index (χ3v) is 3.63. The van der Waals surface area contributed by atoms with Crippen molar-refractivity contribution in [2.24, 2.45) is 5.92 Å². The van der Waals surface area contributed by atoms with E-state index in [1.807, 2.05) is 0 Å². The summed E-state index contributed by atoms with van der Waals surface area (Å²) in [5.74, 6) is 0.616. The first-order valence-electron chi connectivity index (χ1n) is 6.81. The van der Waals surface area contributed by atoms with Crippen LogP contribution in [0.4, 0.5) is 5.69 Å². The summed E-state index contributed by atoms with van der Waals surface area (Å²) < 4.78 is 0. The van der Waals surface area contributed by atoms with Crippen molar-refractivity contribution in [3.63, 3.8) is 0 Å². The Bertz CT molecular complexity index is 415. The molecule has 0 saturated carbocycles. The Labute approximate surface area is 115 Å². The first-order valence-corrected chi connectivity index (χ1v) is 7.22. The number of hydrogen-bond acceptors (Lipinski definition) is 1. The average Bonchev–Trinajstić information content (AvgIpc) is 2.58. The van der Waals surface area contributed by atoms with Crippen LogP contribution in [0.2, 0.25) is 0 Å². The lowest BCUT2D eigenvalue weighted by Crippen LogP contribution is -2.41. The topological polar surface area (TPSA) is 15.3 Å². The molecule has 1 heterocycles. The number of fused-ring (bicyclic) bond motifs is 1. The molecule has 0 aliphatic carbocycles. The fourth-order valence-corrected chi connectivity index (χ4v) is 2.56. The molecule has 1 aromatic carbocycles. The highest BCUT2D eigenvalue weighted by molar-refractivity contribution is 7.80. The predicted octanol–water partition coefficient (Wildman–Crippen LogP) is 3.36. The minimum absolute atomic E-state index is 0.616. The molecule has 0 atom stereocenters. The Morgan fingerprint density at radius 3 is 2.89 bits per heavy atom. The highest BCUT2D eigenvalue weighted by Crippen LogP contribution is 2.26. The summed E-state index contributed by atoms with van der Waals surface area (Å²) in [6, 6.07) is 8.62. The molecule has 0 saturated heterocycles. The minimum atomic E-state index is 0.616. The Balaban J connectivity index is 2.14. The van der Waals surface area contributed by atoms with E-state index in [-0.39, 0.29) is 0 Å². The zero-order valence-electron chi connectivity index (χ0n) is 11.3. The van der Waals surface area contributed by atoms with Gasteiger partial charge in [-0.1, -0.05) is 32.0 Å². The van der Waals surface area contributed by atoms with Crippen LogP contribution in [-0.4, -0.2) is 18.2 Å². The summed E-state index contributed by atoms with van der Waals surface area (Å²) in [5.41, 5.74) is 2.71. The highest BCUT2D eigenvalue weighted by Gasteiger charge is 2.17. The maximum Gasteiger partial charge on any atom is 0.173 e. The van der Waals surface area contributed by atoms with Gasteiger partial charge in [0.05, 0.1) is 0 Å². The Kier molecular flexibility index (Phi) is 4.59. The zero-order valence-corrected chi connectivity index (χ0v) is 12.1. The van der Waals surface area contributed by atoms with E-state index in [2.05, 4.69) is 48.3 Å². The number of benzene rings is 1. The Morgan fingerprint density at radius 2 is 2.11 bits per heavy atom. The molecule has 1 N–H and O–H groups in total. The Hall–Kier alpha value is -1.09. The molecule has 1 aliphatic rings. The van der Waals surface area contributed by atoms with Gasteiger partial charge in [-0.15, -0.1) is 0 Å². The fraction of sp³-hybridized carbons (Fsp3) is 0.533. The van der Waals surface area contributed by atoms with Gasteiger partial charge < -0.3 is 10.2 Å². The van der Waals surface area contributed by atoms with Crippen LogP contribution in [0.1, 0.15) is 32.3 Å². The molecule has 0 bridgehead atoms. The molecule has 0 fully saturated rings. The van der Waals surface area contributed by atoms with Crippen LogP contribution in [0, 0.1) is 5.92 Å². The molecule has 3 heteroatoms. The van der Waals surface area contributed by atoms with Gasteiger partial charge >= 0.3 is 0 Å². The normalized spacial score (nSPS) is 15.2. The van der Waals surface area contributed by atoms with Crippen LogP contribution < -0.4 is 10.2 Å². The number of nitrogens with zero attached hydrogens (tertiary/aromatic N) is 1. The smallest absolute Gasteiger partial charge is 0.173 e. The van der Waals surface area contributed by atoms with Crippen molar-refractivity contribution in [2.45, 2.75) is 33.1 Å². The summed E-state index contributed by atoms with van der Waals surface area (Å²) in [4.78, 5) is 2.26. The van der Waals surface area contributed by atoms with Crippen LogP contribution in [0.5, 0.6) is 0 Å². The van der Waals surface area contributed by atoms with E-state index in [0.717, 1.165) is 18.2 Å². The van der Waals surface area contributed by atoms with Crippen molar-refractivity contribution in [2.75, 3.05) is 18.0 Å². The predicted molar refractivity (Wildman–Crippen MR) is 82.2 cm³/mol. The summed E-state index contributed by atoms with van der Waals surface area (Å²) in [6.45, 7) is 6.37. The second-order valence-electron chi connectivity index (χ2n) is 5.32. The standard InChI is InChI=1S/C15H22N2S/c1-12(2)11-16-15(18)17-10-6-5-8-13-7-3-4-9-14(13)17/h3-4,7,9,12H,5-6,8,10-11H2,1-2H3,(H,16,18). The van der Waals surface area contributed by atoms with E-state index in [1.54, 1.807) is 0 Å².